The zero-order valence-corrected chi connectivity index (χ0v) is 11.7. The maximum atomic E-state index is 11.6. The molecule has 2 aromatic heterocycles. The van der Waals surface area contributed by atoms with Crippen LogP contribution in [0.1, 0.15) is 12.8 Å². The quantitative estimate of drug-likeness (QED) is 0.546. The van der Waals surface area contributed by atoms with Gasteiger partial charge in [0.2, 0.25) is 5.95 Å². The van der Waals surface area contributed by atoms with Gasteiger partial charge in [0.1, 0.15) is 0 Å². The van der Waals surface area contributed by atoms with Gasteiger partial charge < -0.3 is 24.8 Å². The van der Waals surface area contributed by atoms with E-state index in [-0.39, 0.29) is 24.0 Å². The van der Waals surface area contributed by atoms with Crippen LogP contribution < -0.4 is 11.3 Å². The van der Waals surface area contributed by atoms with E-state index >= 15 is 0 Å². The number of hydrogen-bond acceptors (Lipinski definition) is 6. The Morgan fingerprint density at radius 1 is 1.52 bits per heavy atom. The molecule has 0 amide bonds. The van der Waals surface area contributed by atoms with Crippen molar-refractivity contribution in [2.75, 3.05) is 5.73 Å². The Morgan fingerprint density at radius 3 is 2.95 bits per heavy atom. The van der Waals surface area contributed by atoms with E-state index in [0.717, 1.165) is 0 Å². The third-order valence-electron chi connectivity index (χ3n) is 3.35. The van der Waals surface area contributed by atoms with Crippen molar-refractivity contribution in [1.29, 1.82) is 0 Å². The first kappa shape index (κ1) is 14.2. The van der Waals surface area contributed by atoms with Gasteiger partial charge in [-0.05, 0) is 12.8 Å². The Bertz CT molecular complexity index is 780. The number of rotatable bonds is 3. The van der Waals surface area contributed by atoms with Crippen LogP contribution in [0.3, 0.4) is 0 Å². The molecule has 1 aliphatic rings. The minimum atomic E-state index is -4.24. The molecule has 114 valence electrons. The Labute approximate surface area is 118 Å². The average Bonchev–Trinajstić information content (AvgIpc) is 2.97. The number of aromatic nitrogens is 4. The molecule has 0 unspecified atom stereocenters. The monoisotopic (exact) mass is 315 g/mol. The van der Waals surface area contributed by atoms with E-state index in [4.69, 9.17) is 20.3 Å². The Kier molecular flexibility index (Phi) is 3.33. The van der Waals surface area contributed by atoms with Crippen LogP contribution in [0.5, 0.6) is 0 Å². The number of hydrogen-bond donors (Lipinski definition) is 4. The normalized spacial score (nSPS) is 23.0. The van der Waals surface area contributed by atoms with Crippen LogP contribution in [-0.2, 0) is 15.8 Å². The predicted molar refractivity (Wildman–Crippen MR) is 72.5 cm³/mol. The molecular formula is C10H14N5O5P. The standard InChI is InChI=1S/C10H14N5O5P/c11-10-13-8-7(9(16)14-10)12-4-15(8)3-5-1-2-6(20-5)21(17,18)19/h4-6H,1-3H2,(H2,17,18,19)(H3,11,13,14,16)/t5-,6-/m0/s1. The molecule has 1 saturated heterocycles. The number of ether oxygens (including phenoxy) is 1. The average molecular weight is 315 g/mol. The minimum absolute atomic E-state index is 0.0188. The van der Waals surface area contributed by atoms with Crippen molar-refractivity contribution in [3.8, 4) is 0 Å². The lowest BCUT2D eigenvalue weighted by atomic mass is 10.2. The van der Waals surface area contributed by atoms with E-state index < -0.39 is 19.0 Å². The Hall–Kier alpha value is -1.74. The second-order valence-electron chi connectivity index (χ2n) is 4.90. The molecule has 10 nitrogen and oxygen atoms in total. The van der Waals surface area contributed by atoms with Gasteiger partial charge in [-0.2, -0.15) is 4.98 Å². The number of anilines is 1. The van der Waals surface area contributed by atoms with E-state index in [0.29, 0.717) is 18.6 Å². The number of nitrogens with zero attached hydrogens (tertiary/aromatic N) is 3. The van der Waals surface area contributed by atoms with E-state index in [1.165, 1.54) is 6.33 Å². The number of nitrogen functional groups attached to an aromatic ring is 1. The molecule has 5 N–H and O–H groups in total. The summed E-state index contributed by atoms with van der Waals surface area (Å²) in [5.74, 6) is -1.09. The summed E-state index contributed by atoms with van der Waals surface area (Å²) in [7, 11) is -4.24. The van der Waals surface area contributed by atoms with E-state index in [1.54, 1.807) is 4.57 Å². The van der Waals surface area contributed by atoms with Crippen molar-refractivity contribution in [3.63, 3.8) is 0 Å². The summed E-state index contributed by atoms with van der Waals surface area (Å²) in [5, 5.41) is 0. The van der Waals surface area contributed by atoms with E-state index in [1.807, 2.05) is 0 Å². The number of fused-ring (bicyclic) bond motifs is 1. The molecule has 0 radical (unpaired) electrons. The van der Waals surface area contributed by atoms with Gasteiger partial charge in [0, 0.05) is 0 Å². The third kappa shape index (κ3) is 2.70. The number of nitrogens with two attached hydrogens (primary N) is 1. The summed E-state index contributed by atoms with van der Waals surface area (Å²) in [5.41, 5.74) is 5.54. The summed E-state index contributed by atoms with van der Waals surface area (Å²) in [6, 6.07) is 0. The van der Waals surface area contributed by atoms with Crippen LogP contribution in [0, 0.1) is 0 Å². The van der Waals surface area contributed by atoms with Gasteiger partial charge >= 0.3 is 7.60 Å². The van der Waals surface area contributed by atoms with Gasteiger partial charge in [-0.15, -0.1) is 0 Å². The van der Waals surface area contributed by atoms with Crippen molar-refractivity contribution < 1.29 is 19.1 Å². The fraction of sp³-hybridized carbons (Fsp3) is 0.500. The summed E-state index contributed by atoms with van der Waals surface area (Å²) in [6.07, 6.45) is 1.86. The van der Waals surface area contributed by atoms with Crippen molar-refractivity contribution in [2.24, 2.45) is 0 Å². The number of imidazole rings is 1. The molecule has 2 aromatic rings. The highest BCUT2D eigenvalue weighted by molar-refractivity contribution is 7.52. The van der Waals surface area contributed by atoms with Crippen molar-refractivity contribution >= 4 is 24.7 Å². The maximum Gasteiger partial charge on any atom is 0.354 e. The second kappa shape index (κ2) is 4.92. The fourth-order valence-electron chi connectivity index (χ4n) is 2.39. The molecule has 2 atom stereocenters. The summed E-state index contributed by atoms with van der Waals surface area (Å²) in [6.45, 7) is 0.295. The molecule has 1 aliphatic heterocycles. The van der Waals surface area contributed by atoms with Gasteiger partial charge in [-0.25, -0.2) is 4.98 Å². The molecule has 0 saturated carbocycles. The van der Waals surface area contributed by atoms with Crippen LogP contribution in [0.4, 0.5) is 5.95 Å². The molecule has 0 spiro atoms. The van der Waals surface area contributed by atoms with E-state index in [9.17, 15) is 9.36 Å². The molecule has 0 bridgehead atoms. The third-order valence-corrected chi connectivity index (χ3v) is 4.48. The lowest BCUT2D eigenvalue weighted by molar-refractivity contribution is 0.0621. The van der Waals surface area contributed by atoms with Crippen LogP contribution in [0.15, 0.2) is 11.1 Å². The first-order valence-electron chi connectivity index (χ1n) is 6.26. The Morgan fingerprint density at radius 2 is 2.29 bits per heavy atom. The molecular weight excluding hydrogens is 301 g/mol. The fourth-order valence-corrected chi connectivity index (χ4v) is 3.21. The van der Waals surface area contributed by atoms with Gasteiger partial charge in [-0.1, -0.05) is 0 Å². The van der Waals surface area contributed by atoms with E-state index in [2.05, 4.69) is 15.0 Å². The van der Waals surface area contributed by atoms with Crippen molar-refractivity contribution in [2.45, 2.75) is 31.3 Å². The first-order chi connectivity index (χ1) is 9.84. The molecule has 21 heavy (non-hydrogen) atoms. The number of aromatic amines is 1. The molecule has 0 aliphatic carbocycles. The largest absolute Gasteiger partial charge is 0.369 e. The van der Waals surface area contributed by atoms with Gasteiger partial charge in [0.25, 0.3) is 5.56 Å². The second-order valence-corrected chi connectivity index (χ2v) is 6.65. The maximum absolute atomic E-state index is 11.6. The molecule has 1 fully saturated rings. The number of H-pyrrole nitrogens is 1. The zero-order chi connectivity index (χ0) is 15.2. The van der Waals surface area contributed by atoms with Crippen LogP contribution >= 0.6 is 7.60 Å². The minimum Gasteiger partial charge on any atom is -0.369 e. The molecule has 0 aromatic carbocycles. The highest BCUT2D eigenvalue weighted by Gasteiger charge is 2.37. The SMILES string of the molecule is Nc1nc2c(ncn2C[C@@H]2CC[C@H](P(=O)(O)O)O2)c(=O)[nH]1. The Balaban J connectivity index is 1.84. The van der Waals surface area contributed by atoms with Gasteiger partial charge in [-0.3, -0.25) is 14.3 Å². The summed E-state index contributed by atoms with van der Waals surface area (Å²) >= 11 is 0. The highest BCUT2D eigenvalue weighted by Crippen LogP contribution is 2.48. The topological polar surface area (TPSA) is 156 Å². The zero-order valence-electron chi connectivity index (χ0n) is 10.8. The van der Waals surface area contributed by atoms with Crippen LogP contribution in [-0.4, -0.2) is 41.3 Å². The summed E-state index contributed by atoms with van der Waals surface area (Å²) < 4.78 is 18.1. The predicted octanol–water partition coefficient (Wildman–Crippen LogP) is -0.615. The van der Waals surface area contributed by atoms with Crippen LogP contribution in [0.25, 0.3) is 11.2 Å². The van der Waals surface area contributed by atoms with Gasteiger partial charge in [0.05, 0.1) is 19.0 Å². The molecule has 3 rings (SSSR count). The summed E-state index contributed by atoms with van der Waals surface area (Å²) in [4.78, 5) is 40.2. The van der Waals surface area contributed by atoms with Crippen molar-refractivity contribution in [1.82, 2.24) is 19.5 Å². The lowest BCUT2D eigenvalue weighted by Crippen LogP contribution is -2.18. The van der Waals surface area contributed by atoms with Crippen molar-refractivity contribution in [3.05, 3.63) is 16.7 Å². The number of nitrogens with one attached hydrogen (secondary N) is 1. The van der Waals surface area contributed by atoms with Gasteiger partial charge in [0.15, 0.2) is 17.0 Å². The highest BCUT2D eigenvalue weighted by atomic mass is 31.2. The molecule has 11 heteroatoms. The van der Waals surface area contributed by atoms with Crippen LogP contribution in [0.2, 0.25) is 0 Å². The molecule has 3 heterocycles. The first-order valence-corrected chi connectivity index (χ1v) is 7.94. The smallest absolute Gasteiger partial charge is 0.354 e. The lowest BCUT2D eigenvalue weighted by Gasteiger charge is -2.15.